The Balaban J connectivity index is 2.08. The third kappa shape index (κ3) is 12.1. The first-order valence-corrected chi connectivity index (χ1v) is 14.7. The van der Waals surface area contributed by atoms with Crippen LogP contribution in [0.3, 0.4) is 0 Å². The third-order valence-electron chi connectivity index (χ3n) is 5.16. The standard InChI is InChI=1S/C29H27NO14S2/c1-4-20(31)39-12-14-41-22(33)8-10-24(35)43-18-6-7-19(27-26(18)45-29(46-27)17(16-30)28(37)38-3)44-25(36)11-9-23(34)42-15-13-40-21(32)5-2/h4-7H,1-2,8-15H2,3H3. The lowest BCUT2D eigenvalue weighted by Crippen LogP contribution is -2.16. The normalized spacial score (nSPS) is 11.1. The smallest absolute Gasteiger partial charge is 0.350 e. The molecule has 0 radical (unpaired) electrons. The summed E-state index contributed by atoms with van der Waals surface area (Å²) in [6.45, 7) is 5.64. The van der Waals surface area contributed by atoms with Crippen molar-refractivity contribution in [2.45, 2.75) is 35.5 Å². The summed E-state index contributed by atoms with van der Waals surface area (Å²) < 4.78 is 34.8. The zero-order valence-corrected chi connectivity index (χ0v) is 26.0. The van der Waals surface area contributed by atoms with E-state index < -0.39 is 41.8 Å². The molecule has 1 heterocycles. The summed E-state index contributed by atoms with van der Waals surface area (Å²) in [7, 11) is 1.09. The first-order valence-electron chi connectivity index (χ1n) is 13.1. The average molecular weight is 678 g/mol. The molecule has 1 aliphatic heterocycles. The maximum absolute atomic E-state index is 12.5. The molecule has 2 rings (SSSR count). The maximum Gasteiger partial charge on any atom is 0.350 e. The van der Waals surface area contributed by atoms with E-state index in [1.165, 1.54) is 12.1 Å². The number of hydrogen-bond donors (Lipinski definition) is 0. The molecule has 0 amide bonds. The number of hydrogen-bond acceptors (Lipinski definition) is 17. The number of carbonyl (C=O) groups excluding carboxylic acids is 7. The number of fused-ring (bicyclic) bond motifs is 1. The first-order chi connectivity index (χ1) is 22.0. The van der Waals surface area contributed by atoms with E-state index in [2.05, 4.69) is 27.4 Å². The van der Waals surface area contributed by atoms with Crippen LogP contribution in [-0.4, -0.2) is 75.3 Å². The van der Waals surface area contributed by atoms with Crippen LogP contribution in [0, 0.1) is 11.3 Å². The van der Waals surface area contributed by atoms with Gasteiger partial charge < -0.3 is 33.2 Å². The summed E-state index contributed by atoms with van der Waals surface area (Å²) in [5.41, 5.74) is -0.341. The van der Waals surface area contributed by atoms with E-state index in [1.807, 2.05) is 0 Å². The minimum absolute atomic E-state index is 0.0140. The van der Waals surface area contributed by atoms with Gasteiger partial charge >= 0.3 is 41.8 Å². The van der Waals surface area contributed by atoms with Crippen molar-refractivity contribution in [3.8, 4) is 17.6 Å². The lowest BCUT2D eigenvalue weighted by atomic mass is 10.3. The van der Waals surface area contributed by atoms with Crippen molar-refractivity contribution < 1.29 is 66.7 Å². The summed E-state index contributed by atoms with van der Waals surface area (Å²) in [4.78, 5) is 83.5. The van der Waals surface area contributed by atoms with Crippen molar-refractivity contribution in [1.29, 1.82) is 5.26 Å². The summed E-state index contributed by atoms with van der Waals surface area (Å²) in [6, 6.07) is 4.38. The second-order valence-corrected chi connectivity index (χ2v) is 10.6. The lowest BCUT2D eigenvalue weighted by Gasteiger charge is -2.12. The molecule has 0 bridgehead atoms. The third-order valence-corrected chi connectivity index (χ3v) is 7.79. The molecule has 1 aliphatic rings. The van der Waals surface area contributed by atoms with Crippen LogP contribution in [0.2, 0.25) is 0 Å². The second-order valence-electron chi connectivity index (χ2n) is 8.32. The number of ether oxygens (including phenoxy) is 7. The molecule has 0 spiro atoms. The number of methoxy groups -OCH3 is 1. The number of rotatable bonds is 17. The van der Waals surface area contributed by atoms with E-state index in [1.54, 1.807) is 6.07 Å². The van der Waals surface area contributed by atoms with Gasteiger partial charge in [0.15, 0.2) is 5.57 Å². The fourth-order valence-corrected chi connectivity index (χ4v) is 5.64. The molecule has 0 saturated heterocycles. The van der Waals surface area contributed by atoms with E-state index in [0.29, 0.717) is 0 Å². The molecule has 17 heteroatoms. The van der Waals surface area contributed by atoms with Crippen molar-refractivity contribution in [1.82, 2.24) is 0 Å². The molecular formula is C29H27NO14S2. The Hall–Kier alpha value is -5.08. The van der Waals surface area contributed by atoms with Crippen molar-refractivity contribution in [3.05, 3.63) is 47.3 Å². The van der Waals surface area contributed by atoms with Gasteiger partial charge in [-0.2, -0.15) is 5.26 Å². The topological polar surface area (TPSA) is 208 Å². The van der Waals surface area contributed by atoms with E-state index in [9.17, 15) is 38.8 Å². The second kappa shape index (κ2) is 19.3. The molecule has 0 fully saturated rings. The van der Waals surface area contributed by atoms with Gasteiger partial charge in [0.2, 0.25) is 0 Å². The zero-order valence-electron chi connectivity index (χ0n) is 24.4. The first kappa shape index (κ1) is 37.1. The summed E-state index contributed by atoms with van der Waals surface area (Å²) in [5, 5.41) is 9.52. The Labute approximate surface area is 270 Å². The molecule has 1 aromatic carbocycles. The van der Waals surface area contributed by atoms with E-state index >= 15 is 0 Å². The Bertz CT molecular complexity index is 1390. The highest BCUT2D eigenvalue weighted by Gasteiger charge is 2.32. The maximum atomic E-state index is 12.5. The Morgan fingerprint density at radius 2 is 1.09 bits per heavy atom. The predicted octanol–water partition coefficient (Wildman–Crippen LogP) is 2.71. The van der Waals surface area contributed by atoms with Crippen molar-refractivity contribution >= 4 is 65.3 Å². The fourth-order valence-electron chi connectivity index (χ4n) is 3.08. The molecule has 0 N–H and O–H groups in total. The van der Waals surface area contributed by atoms with Crippen LogP contribution in [-0.2, 0) is 57.2 Å². The molecule has 0 unspecified atom stereocenters. The summed E-state index contributed by atoms with van der Waals surface area (Å²) in [5.74, 6) is -5.45. The van der Waals surface area contributed by atoms with Gasteiger partial charge in [-0.15, -0.1) is 0 Å². The number of benzene rings is 1. The number of esters is 7. The Morgan fingerprint density at radius 1 is 0.696 bits per heavy atom. The van der Waals surface area contributed by atoms with Gasteiger partial charge in [0.25, 0.3) is 0 Å². The number of nitrogens with zero attached hydrogens (tertiary/aromatic N) is 1. The van der Waals surface area contributed by atoms with Crippen LogP contribution in [0.25, 0.3) is 0 Å². The predicted molar refractivity (Wildman–Crippen MR) is 157 cm³/mol. The summed E-state index contributed by atoms with van der Waals surface area (Å²) in [6.07, 6.45) is 0.456. The molecule has 46 heavy (non-hydrogen) atoms. The molecule has 0 atom stereocenters. The average Bonchev–Trinajstić information content (AvgIpc) is 3.50. The molecular weight excluding hydrogens is 650 g/mol. The Kier molecular flexibility index (Phi) is 15.6. The molecule has 0 aromatic heterocycles. The number of thioether (sulfide) groups is 2. The molecule has 244 valence electrons. The van der Waals surface area contributed by atoms with Gasteiger partial charge in [-0.05, 0) is 12.1 Å². The minimum Gasteiger partial charge on any atom is -0.465 e. The molecule has 15 nitrogen and oxygen atoms in total. The van der Waals surface area contributed by atoms with E-state index in [-0.39, 0.29) is 83.2 Å². The largest absolute Gasteiger partial charge is 0.465 e. The van der Waals surface area contributed by atoms with E-state index in [0.717, 1.165) is 42.8 Å². The van der Waals surface area contributed by atoms with Crippen LogP contribution in [0.15, 0.2) is 57.0 Å². The molecule has 1 aromatic rings. The van der Waals surface area contributed by atoms with Gasteiger partial charge in [-0.1, -0.05) is 36.7 Å². The molecule has 0 saturated carbocycles. The Morgan fingerprint density at radius 3 is 1.46 bits per heavy atom. The molecule has 0 aliphatic carbocycles. The van der Waals surface area contributed by atoms with Crippen LogP contribution in [0.5, 0.6) is 11.5 Å². The zero-order chi connectivity index (χ0) is 34.1. The van der Waals surface area contributed by atoms with Crippen LogP contribution >= 0.6 is 23.5 Å². The highest BCUT2D eigenvalue weighted by Crippen LogP contribution is 2.59. The van der Waals surface area contributed by atoms with E-state index in [4.69, 9.17) is 18.9 Å². The van der Waals surface area contributed by atoms with Crippen LogP contribution in [0.1, 0.15) is 25.7 Å². The van der Waals surface area contributed by atoms with Gasteiger partial charge in [-0.25, -0.2) is 14.4 Å². The van der Waals surface area contributed by atoms with Crippen LogP contribution < -0.4 is 9.47 Å². The fraction of sp³-hybridized carbons (Fsp3) is 0.310. The van der Waals surface area contributed by atoms with Crippen molar-refractivity contribution in [2.75, 3.05) is 33.5 Å². The summed E-state index contributed by atoms with van der Waals surface area (Å²) >= 11 is 1.78. The van der Waals surface area contributed by atoms with Gasteiger partial charge in [0, 0.05) is 12.2 Å². The van der Waals surface area contributed by atoms with Gasteiger partial charge in [0.05, 0.1) is 46.8 Å². The monoisotopic (exact) mass is 677 g/mol. The van der Waals surface area contributed by atoms with Gasteiger partial charge in [-0.3, -0.25) is 19.2 Å². The highest BCUT2D eigenvalue weighted by molar-refractivity contribution is 8.24. The lowest BCUT2D eigenvalue weighted by molar-refractivity contribution is -0.151. The van der Waals surface area contributed by atoms with Crippen molar-refractivity contribution in [3.63, 3.8) is 0 Å². The van der Waals surface area contributed by atoms with Crippen molar-refractivity contribution in [2.24, 2.45) is 0 Å². The van der Waals surface area contributed by atoms with Gasteiger partial charge in [0.1, 0.15) is 44.0 Å². The quantitative estimate of drug-likeness (QED) is 0.0580. The number of carbonyl (C=O) groups is 7. The SMILES string of the molecule is C=CC(=O)OCCOC(=O)CCC(=O)Oc1ccc(OC(=O)CCC(=O)OCCOC(=O)C=C)c2c1SC(=C(C#N)C(=O)OC)S2. The minimum atomic E-state index is -0.919. The highest BCUT2D eigenvalue weighted by atomic mass is 32.2. The number of nitriles is 1. The van der Waals surface area contributed by atoms with Crippen LogP contribution in [0.4, 0.5) is 0 Å².